The number of primary amides is 1. The average Bonchev–Trinajstić information content (AvgIpc) is 3.28. The highest BCUT2D eigenvalue weighted by molar-refractivity contribution is 7.80. The Labute approximate surface area is 183 Å². The summed E-state index contributed by atoms with van der Waals surface area (Å²) < 4.78 is 6.49. The molecule has 0 aliphatic carbocycles. The number of hydrogen-bond acceptors (Lipinski definition) is 6. The van der Waals surface area contributed by atoms with E-state index in [1.807, 2.05) is 44.2 Å². The van der Waals surface area contributed by atoms with Crippen molar-refractivity contribution in [3.05, 3.63) is 52.7 Å². The van der Waals surface area contributed by atoms with Crippen molar-refractivity contribution in [3.63, 3.8) is 0 Å². The molecule has 3 rings (SSSR count). The van der Waals surface area contributed by atoms with Gasteiger partial charge in [0.1, 0.15) is 16.3 Å². The monoisotopic (exact) mass is 443 g/mol. The number of hydrogen-bond donors (Lipinski definition) is 3. The number of rotatable bonds is 6. The minimum Gasteiger partial charge on any atom is -0.465 e. The van der Waals surface area contributed by atoms with Crippen molar-refractivity contribution in [1.29, 1.82) is 0 Å². The van der Waals surface area contributed by atoms with Gasteiger partial charge in [0, 0.05) is 17.0 Å². The number of thiocarbonyl (C=S) groups is 1. The summed E-state index contributed by atoms with van der Waals surface area (Å²) >= 11 is 6.79. The maximum atomic E-state index is 12.6. The highest BCUT2D eigenvalue weighted by Crippen LogP contribution is 2.40. The van der Waals surface area contributed by atoms with Crippen molar-refractivity contribution in [2.45, 2.75) is 20.4 Å². The molecule has 0 atom stereocenters. The van der Waals surface area contributed by atoms with Gasteiger partial charge < -0.3 is 21.1 Å². The van der Waals surface area contributed by atoms with E-state index in [4.69, 9.17) is 22.7 Å². The fourth-order valence-corrected chi connectivity index (χ4v) is 4.46. The van der Waals surface area contributed by atoms with Crippen molar-refractivity contribution >= 4 is 51.2 Å². The molecule has 30 heavy (non-hydrogen) atoms. The summed E-state index contributed by atoms with van der Waals surface area (Å²) in [5.41, 5.74) is 8.17. The van der Waals surface area contributed by atoms with Crippen molar-refractivity contribution in [2.24, 2.45) is 5.73 Å². The number of esters is 1. The van der Waals surface area contributed by atoms with E-state index in [2.05, 4.69) is 15.7 Å². The molecule has 0 radical (unpaired) electrons. The maximum Gasteiger partial charge on any atom is 0.341 e. The van der Waals surface area contributed by atoms with E-state index in [0.717, 1.165) is 16.0 Å². The van der Waals surface area contributed by atoms with Crippen LogP contribution in [0.15, 0.2) is 36.5 Å². The summed E-state index contributed by atoms with van der Waals surface area (Å²) in [5, 5.41) is 10.8. The normalized spacial score (nSPS) is 10.5. The number of carbonyl (C=O) groups excluding carboxylic acids is 2. The third-order valence-electron chi connectivity index (χ3n) is 4.38. The van der Waals surface area contributed by atoms with Gasteiger partial charge in [-0.2, -0.15) is 5.10 Å². The molecular weight excluding hydrogens is 422 g/mol. The van der Waals surface area contributed by atoms with Crippen LogP contribution in [0.2, 0.25) is 0 Å². The van der Waals surface area contributed by atoms with E-state index >= 15 is 0 Å². The largest absolute Gasteiger partial charge is 0.465 e. The van der Waals surface area contributed by atoms with E-state index in [-0.39, 0.29) is 10.8 Å². The van der Waals surface area contributed by atoms with Gasteiger partial charge in [-0.25, -0.2) is 4.79 Å². The Morgan fingerprint density at radius 3 is 2.57 bits per heavy atom. The molecule has 1 aromatic carbocycles. The highest BCUT2D eigenvalue weighted by Gasteiger charge is 2.25. The first-order valence-electron chi connectivity index (χ1n) is 9.08. The lowest BCUT2D eigenvalue weighted by Gasteiger charge is -2.11. The average molecular weight is 444 g/mol. The molecule has 0 aliphatic heterocycles. The van der Waals surface area contributed by atoms with Crippen molar-refractivity contribution in [1.82, 2.24) is 9.78 Å². The molecule has 3 aromatic rings. The number of ether oxygens (including phenoxy) is 1. The van der Waals surface area contributed by atoms with E-state index in [1.54, 1.807) is 0 Å². The zero-order valence-corrected chi connectivity index (χ0v) is 18.3. The van der Waals surface area contributed by atoms with E-state index in [0.29, 0.717) is 22.8 Å². The maximum absolute atomic E-state index is 12.6. The van der Waals surface area contributed by atoms with Gasteiger partial charge >= 0.3 is 5.97 Å². The van der Waals surface area contributed by atoms with Gasteiger partial charge in [-0.15, -0.1) is 11.3 Å². The topological polar surface area (TPSA) is 111 Å². The first-order chi connectivity index (χ1) is 14.4. The fourth-order valence-electron chi connectivity index (χ4n) is 3.12. The molecule has 0 aliphatic rings. The van der Waals surface area contributed by atoms with Crippen LogP contribution in [0.4, 0.5) is 10.7 Å². The standard InChI is InChI=1S/C20H21N5O3S2/c1-4-25-16(17(21)26)13(10-22-25)23-20(29)24-18-15(19(27)28-3)14(11(2)30-18)12-8-6-5-7-9-12/h5-10H,4H2,1-3H3,(H2,21,26)(H2,23,24,29). The number of aromatic nitrogens is 2. The Balaban J connectivity index is 1.94. The van der Waals surface area contributed by atoms with Crippen molar-refractivity contribution in [3.8, 4) is 11.1 Å². The molecule has 2 heterocycles. The molecule has 0 saturated carbocycles. The van der Waals surface area contributed by atoms with Gasteiger partial charge in [0.25, 0.3) is 5.91 Å². The third-order valence-corrected chi connectivity index (χ3v) is 5.61. The quantitative estimate of drug-likeness (QED) is 0.394. The molecule has 1 amide bonds. The minimum atomic E-state index is -0.617. The molecule has 2 aromatic heterocycles. The molecule has 10 heteroatoms. The van der Waals surface area contributed by atoms with E-state index in [9.17, 15) is 9.59 Å². The van der Waals surface area contributed by atoms with Gasteiger partial charge in [0.2, 0.25) is 0 Å². The van der Waals surface area contributed by atoms with E-state index in [1.165, 1.54) is 29.3 Å². The predicted molar refractivity (Wildman–Crippen MR) is 122 cm³/mol. The van der Waals surface area contributed by atoms with Crippen LogP contribution in [0, 0.1) is 6.92 Å². The smallest absolute Gasteiger partial charge is 0.341 e. The summed E-state index contributed by atoms with van der Waals surface area (Å²) in [6, 6.07) is 9.58. The number of thiophene rings is 1. The summed E-state index contributed by atoms with van der Waals surface area (Å²) in [6.45, 7) is 4.26. The Morgan fingerprint density at radius 1 is 1.27 bits per heavy atom. The Hall–Kier alpha value is -3.24. The van der Waals surface area contributed by atoms with Crippen molar-refractivity contribution < 1.29 is 14.3 Å². The SMILES string of the molecule is CCn1ncc(NC(=S)Nc2sc(C)c(-c3ccccc3)c2C(=O)OC)c1C(N)=O. The zero-order chi connectivity index (χ0) is 21.8. The van der Waals surface area contributed by atoms with Gasteiger partial charge in [-0.1, -0.05) is 30.3 Å². The van der Waals surface area contributed by atoms with Gasteiger partial charge in [0.05, 0.1) is 19.0 Å². The molecular formula is C20H21N5O3S2. The molecule has 0 saturated heterocycles. The summed E-state index contributed by atoms with van der Waals surface area (Å²) in [5.74, 6) is -1.09. The van der Waals surface area contributed by atoms with Crippen LogP contribution >= 0.6 is 23.6 Å². The van der Waals surface area contributed by atoms with Gasteiger partial charge in [-0.05, 0) is 31.6 Å². The molecule has 0 bridgehead atoms. The Morgan fingerprint density at radius 2 is 1.97 bits per heavy atom. The molecule has 8 nitrogen and oxygen atoms in total. The third kappa shape index (κ3) is 4.19. The van der Waals surface area contributed by atoms with Crippen LogP contribution in [-0.2, 0) is 11.3 Å². The Bertz CT molecular complexity index is 1110. The molecule has 0 fully saturated rings. The lowest BCUT2D eigenvalue weighted by Crippen LogP contribution is -2.24. The second-order valence-corrected chi connectivity index (χ2v) is 7.89. The number of benzene rings is 1. The predicted octanol–water partition coefficient (Wildman–Crippen LogP) is 3.63. The number of aryl methyl sites for hydroxylation is 2. The second-order valence-electron chi connectivity index (χ2n) is 6.26. The number of carbonyl (C=O) groups is 2. The highest BCUT2D eigenvalue weighted by atomic mass is 32.1. The molecule has 156 valence electrons. The van der Waals surface area contributed by atoms with Crippen LogP contribution < -0.4 is 16.4 Å². The first-order valence-corrected chi connectivity index (χ1v) is 10.3. The second kappa shape index (κ2) is 9.06. The first kappa shape index (κ1) is 21.5. The minimum absolute atomic E-state index is 0.194. The number of anilines is 2. The number of methoxy groups -OCH3 is 1. The fraction of sp³-hybridized carbons (Fsp3) is 0.200. The number of nitrogens with zero attached hydrogens (tertiary/aromatic N) is 2. The van der Waals surface area contributed by atoms with E-state index < -0.39 is 11.9 Å². The van der Waals surface area contributed by atoms with Crippen LogP contribution in [0.25, 0.3) is 11.1 Å². The number of nitrogens with two attached hydrogens (primary N) is 1. The molecule has 0 spiro atoms. The Kier molecular flexibility index (Phi) is 6.48. The van der Waals surface area contributed by atoms with Crippen molar-refractivity contribution in [2.75, 3.05) is 17.7 Å². The molecule has 4 N–H and O–H groups in total. The zero-order valence-electron chi connectivity index (χ0n) is 16.7. The van der Waals surface area contributed by atoms with Crippen LogP contribution in [0.3, 0.4) is 0 Å². The van der Waals surface area contributed by atoms with Gasteiger partial charge in [-0.3, -0.25) is 9.48 Å². The van der Waals surface area contributed by atoms with Crippen LogP contribution in [0.1, 0.15) is 32.6 Å². The van der Waals surface area contributed by atoms with Gasteiger partial charge in [0.15, 0.2) is 5.11 Å². The van der Waals surface area contributed by atoms with Crippen LogP contribution in [-0.4, -0.2) is 33.9 Å². The molecule has 0 unspecified atom stereocenters. The lowest BCUT2D eigenvalue weighted by atomic mass is 10.0. The summed E-state index contributed by atoms with van der Waals surface area (Å²) in [7, 11) is 1.34. The number of amides is 1. The number of nitrogens with one attached hydrogen (secondary N) is 2. The summed E-state index contributed by atoms with van der Waals surface area (Å²) in [6.07, 6.45) is 1.48. The summed E-state index contributed by atoms with van der Waals surface area (Å²) in [4.78, 5) is 25.3. The lowest BCUT2D eigenvalue weighted by molar-refractivity contribution is 0.0603. The van der Waals surface area contributed by atoms with Crippen LogP contribution in [0.5, 0.6) is 0 Å².